The molecule has 0 aromatic rings. The summed E-state index contributed by atoms with van der Waals surface area (Å²) in [5, 5.41) is 0. The molecular formula is C24H44O4. The second kappa shape index (κ2) is 18.0. The summed E-state index contributed by atoms with van der Waals surface area (Å²) in [7, 11) is 0. The van der Waals surface area contributed by atoms with E-state index in [1.54, 1.807) is 0 Å². The molecule has 4 heteroatoms. The minimum absolute atomic E-state index is 0.0964. The fourth-order valence-corrected chi connectivity index (χ4v) is 3.49. The minimum atomic E-state index is -0.278. The van der Waals surface area contributed by atoms with Crippen LogP contribution in [0.3, 0.4) is 0 Å². The number of esters is 2. The smallest absolute Gasteiger partial charge is 0.306 e. The van der Waals surface area contributed by atoms with Crippen LogP contribution in [0.4, 0.5) is 0 Å². The summed E-state index contributed by atoms with van der Waals surface area (Å²) < 4.78 is 10.4. The molecule has 0 heterocycles. The highest BCUT2D eigenvalue weighted by molar-refractivity contribution is 5.77. The Morgan fingerprint density at radius 1 is 0.679 bits per heavy atom. The molecule has 0 aromatic carbocycles. The summed E-state index contributed by atoms with van der Waals surface area (Å²) in [5.41, 5.74) is 0. The zero-order valence-electron chi connectivity index (χ0n) is 18.4. The summed E-state index contributed by atoms with van der Waals surface area (Å²) in [4.78, 5) is 23.2. The van der Waals surface area contributed by atoms with Crippen molar-refractivity contribution in [2.24, 2.45) is 0 Å². The highest BCUT2D eigenvalue weighted by Crippen LogP contribution is 2.22. The van der Waals surface area contributed by atoms with E-state index in [2.05, 4.69) is 6.92 Å². The van der Waals surface area contributed by atoms with Gasteiger partial charge >= 0.3 is 11.9 Å². The molecule has 4 nitrogen and oxygen atoms in total. The van der Waals surface area contributed by atoms with Crippen LogP contribution in [0.25, 0.3) is 0 Å². The number of hydrogen-bond donors (Lipinski definition) is 0. The van der Waals surface area contributed by atoms with Gasteiger partial charge in [-0.1, -0.05) is 90.4 Å². The highest BCUT2D eigenvalue weighted by atomic mass is 16.5. The van der Waals surface area contributed by atoms with E-state index >= 15 is 0 Å². The Kier molecular flexibility index (Phi) is 16.1. The fraction of sp³-hybridized carbons (Fsp3) is 0.917. The number of carbonyl (C=O) groups excluding carboxylic acids is 2. The third-order valence-electron chi connectivity index (χ3n) is 5.64. The van der Waals surface area contributed by atoms with Crippen LogP contribution in [0.2, 0.25) is 0 Å². The fourth-order valence-electron chi connectivity index (χ4n) is 3.49. The molecule has 0 aromatic heterocycles. The summed E-state index contributed by atoms with van der Waals surface area (Å²) in [6.07, 6.45) is 21.9. The molecule has 0 N–H and O–H groups in total. The third kappa shape index (κ3) is 14.9. The largest absolute Gasteiger partial charge is 0.466 e. The lowest BCUT2D eigenvalue weighted by molar-refractivity contribution is -0.156. The first kappa shape index (κ1) is 25.0. The van der Waals surface area contributed by atoms with Crippen molar-refractivity contribution in [3.8, 4) is 0 Å². The highest BCUT2D eigenvalue weighted by Gasteiger charge is 2.21. The van der Waals surface area contributed by atoms with Crippen molar-refractivity contribution in [2.75, 3.05) is 6.61 Å². The summed E-state index contributed by atoms with van der Waals surface area (Å²) in [5.74, 6) is -0.543. The van der Waals surface area contributed by atoms with E-state index in [-0.39, 0.29) is 30.9 Å². The minimum Gasteiger partial charge on any atom is -0.466 e. The average Bonchev–Trinajstić information content (AvgIpc) is 2.66. The lowest BCUT2D eigenvalue weighted by Gasteiger charge is -2.24. The third-order valence-corrected chi connectivity index (χ3v) is 5.64. The standard InChI is InChI=1S/C24H44O4/c1-2-3-4-5-6-7-8-9-10-11-12-13-14-15-21-27-23(25)19-20-24(26)28-22-17-16-18-22/h22H,2-21H2,1H3. The first-order chi connectivity index (χ1) is 13.7. The molecule has 1 fully saturated rings. The van der Waals surface area contributed by atoms with Gasteiger partial charge < -0.3 is 9.47 Å². The van der Waals surface area contributed by atoms with Crippen molar-refractivity contribution in [1.29, 1.82) is 0 Å². The van der Waals surface area contributed by atoms with Gasteiger partial charge in [0.05, 0.1) is 19.4 Å². The van der Waals surface area contributed by atoms with E-state index in [0.717, 1.165) is 32.1 Å². The Morgan fingerprint density at radius 3 is 1.61 bits per heavy atom. The summed E-state index contributed by atoms with van der Waals surface area (Å²) >= 11 is 0. The van der Waals surface area contributed by atoms with Crippen LogP contribution in [0, 0.1) is 0 Å². The molecule has 1 rings (SSSR count). The predicted octanol–water partition coefficient (Wildman–Crippen LogP) is 6.89. The maximum Gasteiger partial charge on any atom is 0.306 e. The van der Waals surface area contributed by atoms with Gasteiger partial charge in [-0.3, -0.25) is 9.59 Å². The molecular weight excluding hydrogens is 352 g/mol. The lowest BCUT2D eigenvalue weighted by Crippen LogP contribution is -2.25. The van der Waals surface area contributed by atoms with Crippen molar-refractivity contribution < 1.29 is 19.1 Å². The number of hydrogen-bond acceptors (Lipinski definition) is 4. The number of ether oxygens (including phenoxy) is 2. The number of unbranched alkanes of at least 4 members (excludes halogenated alkanes) is 13. The number of carbonyl (C=O) groups is 2. The maximum absolute atomic E-state index is 11.6. The van der Waals surface area contributed by atoms with Gasteiger partial charge in [0, 0.05) is 0 Å². The quantitative estimate of drug-likeness (QED) is 0.176. The van der Waals surface area contributed by atoms with Crippen LogP contribution in [-0.4, -0.2) is 24.6 Å². The van der Waals surface area contributed by atoms with Crippen molar-refractivity contribution in [1.82, 2.24) is 0 Å². The number of rotatable bonds is 19. The Balaban J connectivity index is 1.74. The SMILES string of the molecule is CCCCCCCCCCCCCCCCOC(=O)CCC(=O)OC1CCC1. The molecule has 0 atom stereocenters. The van der Waals surface area contributed by atoms with Crippen LogP contribution >= 0.6 is 0 Å². The van der Waals surface area contributed by atoms with Gasteiger partial charge in [0.2, 0.25) is 0 Å². The van der Waals surface area contributed by atoms with E-state index < -0.39 is 0 Å². The van der Waals surface area contributed by atoms with Crippen LogP contribution < -0.4 is 0 Å². The van der Waals surface area contributed by atoms with Crippen molar-refractivity contribution in [3.05, 3.63) is 0 Å². The Morgan fingerprint density at radius 2 is 1.14 bits per heavy atom. The van der Waals surface area contributed by atoms with E-state index in [1.807, 2.05) is 0 Å². The molecule has 0 saturated heterocycles. The van der Waals surface area contributed by atoms with E-state index in [4.69, 9.17) is 9.47 Å². The topological polar surface area (TPSA) is 52.6 Å². The maximum atomic E-state index is 11.6. The van der Waals surface area contributed by atoms with Gasteiger partial charge in [-0.15, -0.1) is 0 Å². The van der Waals surface area contributed by atoms with Gasteiger partial charge in [0.15, 0.2) is 0 Å². The molecule has 164 valence electrons. The zero-order valence-corrected chi connectivity index (χ0v) is 18.4. The van der Waals surface area contributed by atoms with Crippen LogP contribution in [0.5, 0.6) is 0 Å². The van der Waals surface area contributed by atoms with Crippen molar-refractivity contribution in [3.63, 3.8) is 0 Å². The summed E-state index contributed by atoms with van der Waals surface area (Å²) in [6.45, 7) is 2.75. The average molecular weight is 397 g/mol. The molecule has 0 unspecified atom stereocenters. The molecule has 0 spiro atoms. The van der Waals surface area contributed by atoms with E-state index in [0.29, 0.717) is 6.61 Å². The molecule has 1 aliphatic carbocycles. The summed E-state index contributed by atoms with van der Waals surface area (Å²) in [6, 6.07) is 0. The molecule has 0 aliphatic heterocycles. The Hall–Kier alpha value is -1.06. The molecule has 0 amide bonds. The van der Waals surface area contributed by atoms with Gasteiger partial charge in [0.1, 0.15) is 6.10 Å². The van der Waals surface area contributed by atoms with Crippen molar-refractivity contribution >= 4 is 11.9 Å². The Labute approximate surface area is 173 Å². The van der Waals surface area contributed by atoms with E-state index in [9.17, 15) is 9.59 Å². The molecule has 0 bridgehead atoms. The monoisotopic (exact) mass is 396 g/mol. The second-order valence-electron chi connectivity index (χ2n) is 8.36. The van der Waals surface area contributed by atoms with Crippen LogP contribution in [0.1, 0.15) is 129 Å². The van der Waals surface area contributed by atoms with Crippen molar-refractivity contribution in [2.45, 2.75) is 135 Å². The molecule has 0 radical (unpaired) electrons. The van der Waals surface area contributed by atoms with Gasteiger partial charge in [-0.2, -0.15) is 0 Å². The van der Waals surface area contributed by atoms with Crippen LogP contribution in [-0.2, 0) is 19.1 Å². The second-order valence-corrected chi connectivity index (χ2v) is 8.36. The predicted molar refractivity (Wildman–Crippen MR) is 114 cm³/mol. The van der Waals surface area contributed by atoms with Gasteiger partial charge in [-0.25, -0.2) is 0 Å². The van der Waals surface area contributed by atoms with Gasteiger partial charge in [0.25, 0.3) is 0 Å². The molecule has 1 aliphatic rings. The first-order valence-corrected chi connectivity index (χ1v) is 12.1. The first-order valence-electron chi connectivity index (χ1n) is 12.1. The zero-order chi connectivity index (χ0) is 20.3. The van der Waals surface area contributed by atoms with Gasteiger partial charge in [-0.05, 0) is 25.7 Å². The lowest BCUT2D eigenvalue weighted by atomic mass is 9.96. The van der Waals surface area contributed by atoms with E-state index in [1.165, 1.54) is 77.0 Å². The Bertz CT molecular complexity index is 390. The van der Waals surface area contributed by atoms with Crippen LogP contribution in [0.15, 0.2) is 0 Å². The molecule has 28 heavy (non-hydrogen) atoms. The normalized spacial score (nSPS) is 13.9. The molecule has 1 saturated carbocycles.